The lowest BCUT2D eigenvalue weighted by Gasteiger charge is -2.61. The lowest BCUT2D eigenvalue weighted by Crippen LogP contribution is -2.68. The number of carbonyl (C=O) groups excluding carboxylic acids is 2. The highest BCUT2D eigenvalue weighted by molar-refractivity contribution is 7.88. The minimum absolute atomic E-state index is 0.0604. The largest absolute Gasteiger partial charge is 0.455 e. The fourth-order valence-corrected chi connectivity index (χ4v) is 6.43. The number of nitrogens with one attached hydrogen (secondary N) is 3. The number of rotatable bonds is 9. The van der Waals surface area contributed by atoms with Gasteiger partial charge < -0.3 is 15.1 Å². The van der Waals surface area contributed by atoms with Crippen LogP contribution in [0.4, 0.5) is 4.39 Å². The van der Waals surface area contributed by atoms with Crippen molar-refractivity contribution in [2.45, 2.75) is 31.2 Å². The Morgan fingerprint density at radius 1 is 1.00 bits per heavy atom. The van der Waals surface area contributed by atoms with Gasteiger partial charge in [0.25, 0.3) is 11.8 Å². The number of fused-ring (bicyclic) bond motifs is 1. The molecule has 41 heavy (non-hydrogen) atoms. The summed E-state index contributed by atoms with van der Waals surface area (Å²) in [6, 6.07) is 16.6. The Kier molecular flexibility index (Phi) is 6.70. The summed E-state index contributed by atoms with van der Waals surface area (Å²) in [6.45, 7) is 0.148. The van der Waals surface area contributed by atoms with Crippen molar-refractivity contribution in [1.82, 2.24) is 15.4 Å². The molecule has 212 valence electrons. The number of sulfonamides is 1. The fourth-order valence-electron chi connectivity index (χ4n) is 5.96. The number of furan rings is 1. The number of hydrogen-bond acceptors (Lipinski definition) is 5. The molecule has 0 unspecified atom stereocenters. The Bertz CT molecular complexity index is 1780. The van der Waals surface area contributed by atoms with Crippen LogP contribution in [-0.2, 0) is 16.4 Å². The molecular weight excluding hydrogens is 545 g/mol. The fraction of sp³-hybridized carbons (Fsp3) is 0.290. The number of amides is 2. The maximum absolute atomic E-state index is 13.6. The molecule has 0 aliphatic heterocycles. The molecule has 0 atom stereocenters. The first-order valence-electron chi connectivity index (χ1n) is 13.5. The summed E-state index contributed by atoms with van der Waals surface area (Å²) >= 11 is 0. The van der Waals surface area contributed by atoms with Crippen LogP contribution in [0.5, 0.6) is 0 Å². The van der Waals surface area contributed by atoms with Crippen molar-refractivity contribution in [3.05, 3.63) is 83.2 Å². The molecular formula is C31H30FN3O5S. The van der Waals surface area contributed by atoms with Gasteiger partial charge in [-0.15, -0.1) is 0 Å². The summed E-state index contributed by atoms with van der Waals surface area (Å²) < 4.78 is 45.8. The van der Waals surface area contributed by atoms with Gasteiger partial charge in [0.05, 0.1) is 11.8 Å². The second kappa shape index (κ2) is 10.1. The number of halogens is 1. The van der Waals surface area contributed by atoms with E-state index in [-0.39, 0.29) is 23.9 Å². The maximum Gasteiger partial charge on any atom is 0.255 e. The van der Waals surface area contributed by atoms with E-state index in [4.69, 9.17) is 4.42 Å². The van der Waals surface area contributed by atoms with E-state index in [1.807, 2.05) is 24.3 Å². The van der Waals surface area contributed by atoms with Crippen LogP contribution in [0.25, 0.3) is 33.4 Å². The van der Waals surface area contributed by atoms with Crippen LogP contribution in [0.1, 0.15) is 45.5 Å². The van der Waals surface area contributed by atoms with Crippen LogP contribution in [-0.4, -0.2) is 45.6 Å². The summed E-state index contributed by atoms with van der Waals surface area (Å²) in [5.41, 5.74) is 3.99. The standard InChI is InChI=1S/C31H30FN3O5S/c1-33-30(37)27-25-14-24(20-4-3-5-22(12-20)29(36)35-31-15-18(16-31)17-31)21(10-11-34-41(2,38)39)13-26(25)40-28(27)19-6-8-23(32)9-7-19/h3-9,12-14,18,34H,10-11,15-17H2,1-2H3,(H,33,37)(H,35,36). The molecule has 4 aromatic rings. The maximum atomic E-state index is 13.6. The first-order chi connectivity index (χ1) is 19.5. The zero-order chi connectivity index (χ0) is 28.9. The second-order valence-corrected chi connectivity index (χ2v) is 12.9. The first kappa shape index (κ1) is 27.2. The summed E-state index contributed by atoms with van der Waals surface area (Å²) in [5, 5.41) is 6.40. The first-order valence-corrected chi connectivity index (χ1v) is 15.4. The van der Waals surface area contributed by atoms with E-state index in [1.54, 1.807) is 24.3 Å². The molecule has 3 fully saturated rings. The zero-order valence-corrected chi connectivity index (χ0v) is 23.5. The third-order valence-electron chi connectivity index (χ3n) is 8.09. The quantitative estimate of drug-likeness (QED) is 0.269. The van der Waals surface area contributed by atoms with E-state index in [0.29, 0.717) is 39.8 Å². The highest BCUT2D eigenvalue weighted by Gasteiger charge is 2.57. The van der Waals surface area contributed by atoms with E-state index in [9.17, 15) is 22.4 Å². The van der Waals surface area contributed by atoms with Crippen LogP contribution in [0.15, 0.2) is 65.1 Å². The van der Waals surface area contributed by atoms with E-state index in [1.165, 1.54) is 19.2 Å². The lowest BCUT2D eigenvalue weighted by molar-refractivity contribution is -0.0438. The summed E-state index contributed by atoms with van der Waals surface area (Å²) in [7, 11) is -1.89. The highest BCUT2D eigenvalue weighted by atomic mass is 32.2. The molecule has 3 N–H and O–H groups in total. The van der Waals surface area contributed by atoms with Crippen LogP contribution < -0.4 is 15.4 Å². The van der Waals surface area contributed by atoms with Crippen molar-refractivity contribution < 1.29 is 26.8 Å². The van der Waals surface area contributed by atoms with Crippen LogP contribution in [0.3, 0.4) is 0 Å². The average Bonchev–Trinajstić information content (AvgIpc) is 3.27. The molecule has 2 amide bonds. The van der Waals surface area contributed by atoms with Gasteiger partial charge in [0.15, 0.2) is 0 Å². The molecule has 1 aromatic heterocycles. The molecule has 0 radical (unpaired) electrons. The van der Waals surface area contributed by atoms with E-state index >= 15 is 0 Å². The van der Waals surface area contributed by atoms with Gasteiger partial charge in [0.2, 0.25) is 10.0 Å². The van der Waals surface area contributed by atoms with Gasteiger partial charge in [0.1, 0.15) is 17.2 Å². The lowest BCUT2D eigenvalue weighted by atomic mass is 9.50. The average molecular weight is 576 g/mol. The van der Waals surface area contributed by atoms with Gasteiger partial charge in [-0.3, -0.25) is 9.59 Å². The molecule has 2 bridgehead atoms. The number of benzene rings is 3. The van der Waals surface area contributed by atoms with Crippen molar-refractivity contribution >= 4 is 32.8 Å². The van der Waals surface area contributed by atoms with Crippen molar-refractivity contribution in [1.29, 1.82) is 0 Å². The number of carbonyl (C=O) groups is 2. The van der Waals surface area contributed by atoms with Crippen LogP contribution in [0.2, 0.25) is 0 Å². The van der Waals surface area contributed by atoms with Gasteiger partial charge in [0, 0.05) is 35.6 Å². The molecule has 0 spiro atoms. The van der Waals surface area contributed by atoms with E-state index in [0.717, 1.165) is 48.1 Å². The van der Waals surface area contributed by atoms with Crippen LogP contribution >= 0.6 is 0 Å². The topological polar surface area (TPSA) is 118 Å². The van der Waals surface area contributed by atoms with Crippen molar-refractivity contribution in [3.8, 4) is 22.5 Å². The Balaban J connectivity index is 1.46. The molecule has 1 heterocycles. The SMILES string of the molecule is CNC(=O)c1c(-c2ccc(F)cc2)oc2cc(CCNS(C)(=O)=O)c(-c3cccc(C(=O)NC45CC(C4)C5)c3)cc12. The smallest absolute Gasteiger partial charge is 0.255 e. The van der Waals surface area contributed by atoms with Crippen molar-refractivity contribution in [2.24, 2.45) is 5.92 Å². The molecule has 3 aliphatic rings. The van der Waals surface area contributed by atoms with Gasteiger partial charge in [-0.2, -0.15) is 0 Å². The zero-order valence-electron chi connectivity index (χ0n) is 22.7. The minimum Gasteiger partial charge on any atom is -0.455 e. The van der Waals surface area contributed by atoms with Gasteiger partial charge >= 0.3 is 0 Å². The molecule has 8 nitrogen and oxygen atoms in total. The molecule has 0 saturated heterocycles. The summed E-state index contributed by atoms with van der Waals surface area (Å²) in [4.78, 5) is 26.2. The number of hydrogen-bond donors (Lipinski definition) is 3. The molecule has 7 rings (SSSR count). The summed E-state index contributed by atoms with van der Waals surface area (Å²) in [6.07, 6.45) is 4.53. The highest BCUT2D eigenvalue weighted by Crippen LogP contribution is 2.57. The van der Waals surface area contributed by atoms with Gasteiger partial charge in [-0.25, -0.2) is 17.5 Å². The monoisotopic (exact) mass is 575 g/mol. The minimum atomic E-state index is -3.41. The molecule has 3 saturated carbocycles. The van der Waals surface area contributed by atoms with Crippen LogP contribution in [0, 0.1) is 11.7 Å². The van der Waals surface area contributed by atoms with Crippen molar-refractivity contribution in [3.63, 3.8) is 0 Å². The normalized spacial score (nSPS) is 19.3. The molecule has 3 aromatic carbocycles. The Morgan fingerprint density at radius 2 is 1.73 bits per heavy atom. The summed E-state index contributed by atoms with van der Waals surface area (Å²) in [5.74, 6) is 0.128. The predicted molar refractivity (Wildman–Crippen MR) is 155 cm³/mol. The molecule has 3 aliphatic carbocycles. The van der Waals surface area contributed by atoms with Gasteiger partial charge in [-0.05, 0) is 96.8 Å². The van der Waals surface area contributed by atoms with E-state index < -0.39 is 15.8 Å². The second-order valence-electron chi connectivity index (χ2n) is 11.1. The Labute approximate surface area is 237 Å². The van der Waals surface area contributed by atoms with Crippen molar-refractivity contribution in [2.75, 3.05) is 19.8 Å². The molecule has 10 heteroatoms. The third-order valence-corrected chi connectivity index (χ3v) is 8.81. The third kappa shape index (κ3) is 5.25. The Hall–Kier alpha value is -4.02. The van der Waals surface area contributed by atoms with Gasteiger partial charge in [-0.1, -0.05) is 12.1 Å². The Morgan fingerprint density at radius 3 is 2.37 bits per heavy atom. The van der Waals surface area contributed by atoms with E-state index in [2.05, 4.69) is 15.4 Å². The predicted octanol–water partition coefficient (Wildman–Crippen LogP) is 4.64.